The fourth-order valence-corrected chi connectivity index (χ4v) is 3.08. The summed E-state index contributed by atoms with van der Waals surface area (Å²) < 4.78 is 24.6. The molecule has 0 fully saturated rings. The van der Waals surface area contributed by atoms with E-state index < -0.39 is 10.0 Å². The Labute approximate surface area is 119 Å². The first-order chi connectivity index (χ1) is 9.29. The highest BCUT2D eigenvalue weighted by atomic mass is 32.2. The van der Waals surface area contributed by atoms with Crippen LogP contribution in [0.3, 0.4) is 0 Å². The normalized spacial score (nSPS) is 16.0. The zero-order valence-electron chi connectivity index (χ0n) is 11.9. The lowest BCUT2D eigenvalue weighted by molar-refractivity contribution is 0.0941. The summed E-state index contributed by atoms with van der Waals surface area (Å²) in [5, 5.41) is 2.84. The third-order valence-electron chi connectivity index (χ3n) is 3.24. The Kier molecular flexibility index (Phi) is 4.10. The van der Waals surface area contributed by atoms with Gasteiger partial charge in [-0.1, -0.05) is 0 Å². The molecule has 20 heavy (non-hydrogen) atoms. The number of fused-ring (bicyclic) bond motifs is 1. The third kappa shape index (κ3) is 3.16. The molecule has 0 spiro atoms. The number of pyridine rings is 1. The fourth-order valence-electron chi connectivity index (χ4n) is 2.29. The van der Waals surface area contributed by atoms with E-state index in [2.05, 4.69) is 10.3 Å². The molecule has 0 bridgehead atoms. The SMILES string of the molecule is CC(C)NC(=O)c1cncc2c1CCN(S(C)(=O)=O)C2. The van der Waals surface area contributed by atoms with E-state index in [1.54, 1.807) is 12.4 Å². The number of carbonyl (C=O) groups is 1. The van der Waals surface area contributed by atoms with Gasteiger partial charge in [-0.05, 0) is 31.4 Å². The molecule has 0 aliphatic carbocycles. The molecule has 0 aromatic carbocycles. The predicted molar refractivity (Wildman–Crippen MR) is 75.8 cm³/mol. The van der Waals surface area contributed by atoms with Crippen molar-refractivity contribution in [3.63, 3.8) is 0 Å². The number of sulfonamides is 1. The molecular weight excluding hydrogens is 278 g/mol. The summed E-state index contributed by atoms with van der Waals surface area (Å²) in [6.07, 6.45) is 4.91. The van der Waals surface area contributed by atoms with Crippen LogP contribution in [0.1, 0.15) is 35.3 Å². The average molecular weight is 297 g/mol. The van der Waals surface area contributed by atoms with Crippen molar-refractivity contribution in [2.75, 3.05) is 12.8 Å². The smallest absolute Gasteiger partial charge is 0.253 e. The van der Waals surface area contributed by atoms with E-state index in [-0.39, 0.29) is 18.5 Å². The number of carbonyl (C=O) groups excluding carboxylic acids is 1. The molecule has 7 heteroatoms. The van der Waals surface area contributed by atoms with E-state index in [1.165, 1.54) is 10.6 Å². The quantitative estimate of drug-likeness (QED) is 0.883. The molecule has 0 radical (unpaired) electrons. The second kappa shape index (κ2) is 5.49. The van der Waals surface area contributed by atoms with Gasteiger partial charge in [-0.2, -0.15) is 4.31 Å². The van der Waals surface area contributed by atoms with E-state index >= 15 is 0 Å². The van der Waals surface area contributed by atoms with Crippen LogP contribution in [-0.4, -0.2) is 42.5 Å². The zero-order valence-corrected chi connectivity index (χ0v) is 12.7. The second-order valence-electron chi connectivity index (χ2n) is 5.30. The lowest BCUT2D eigenvalue weighted by Crippen LogP contribution is -2.37. The van der Waals surface area contributed by atoms with Gasteiger partial charge in [0.1, 0.15) is 0 Å². The Morgan fingerprint density at radius 1 is 1.40 bits per heavy atom. The van der Waals surface area contributed by atoms with E-state index in [0.29, 0.717) is 18.5 Å². The van der Waals surface area contributed by atoms with Crippen LogP contribution in [0.4, 0.5) is 0 Å². The maximum atomic E-state index is 12.1. The minimum atomic E-state index is -3.22. The molecule has 1 aromatic rings. The number of aromatic nitrogens is 1. The van der Waals surface area contributed by atoms with E-state index in [0.717, 1.165) is 11.1 Å². The van der Waals surface area contributed by atoms with Gasteiger partial charge in [0, 0.05) is 31.5 Å². The molecule has 0 saturated carbocycles. The average Bonchev–Trinajstić information content (AvgIpc) is 2.35. The van der Waals surface area contributed by atoms with Gasteiger partial charge in [0.25, 0.3) is 5.91 Å². The molecule has 110 valence electrons. The first-order valence-electron chi connectivity index (χ1n) is 6.50. The summed E-state index contributed by atoms with van der Waals surface area (Å²) in [6.45, 7) is 4.47. The number of hydrogen-bond donors (Lipinski definition) is 1. The zero-order chi connectivity index (χ0) is 14.9. The van der Waals surface area contributed by atoms with Gasteiger partial charge in [0.15, 0.2) is 0 Å². The van der Waals surface area contributed by atoms with Crippen LogP contribution in [0.2, 0.25) is 0 Å². The molecule has 2 rings (SSSR count). The fraction of sp³-hybridized carbons (Fsp3) is 0.538. The van der Waals surface area contributed by atoms with Crippen LogP contribution in [0.5, 0.6) is 0 Å². The maximum absolute atomic E-state index is 12.1. The molecule has 1 N–H and O–H groups in total. The van der Waals surface area contributed by atoms with Gasteiger partial charge in [0.2, 0.25) is 10.0 Å². The molecule has 0 atom stereocenters. The lowest BCUT2D eigenvalue weighted by Gasteiger charge is -2.27. The van der Waals surface area contributed by atoms with Crippen molar-refractivity contribution in [2.24, 2.45) is 0 Å². The molecule has 0 unspecified atom stereocenters. The van der Waals surface area contributed by atoms with E-state index in [4.69, 9.17) is 0 Å². The largest absolute Gasteiger partial charge is 0.350 e. The molecular formula is C13H19N3O3S. The minimum absolute atomic E-state index is 0.0504. The van der Waals surface area contributed by atoms with Crippen molar-refractivity contribution in [1.29, 1.82) is 0 Å². The molecule has 2 heterocycles. The maximum Gasteiger partial charge on any atom is 0.253 e. The standard InChI is InChI=1S/C13H19N3O3S/c1-9(2)15-13(17)12-7-14-6-10-8-16(20(3,18)19)5-4-11(10)12/h6-7,9H,4-5,8H2,1-3H3,(H,15,17). The number of amides is 1. The van der Waals surface area contributed by atoms with Crippen molar-refractivity contribution in [1.82, 2.24) is 14.6 Å². The second-order valence-corrected chi connectivity index (χ2v) is 7.28. The van der Waals surface area contributed by atoms with Gasteiger partial charge >= 0.3 is 0 Å². The third-order valence-corrected chi connectivity index (χ3v) is 4.49. The number of nitrogens with zero attached hydrogens (tertiary/aromatic N) is 2. The topological polar surface area (TPSA) is 79.4 Å². The first kappa shape index (κ1) is 14.9. The monoisotopic (exact) mass is 297 g/mol. The van der Waals surface area contributed by atoms with Crippen LogP contribution in [-0.2, 0) is 23.0 Å². The van der Waals surface area contributed by atoms with Gasteiger partial charge in [-0.25, -0.2) is 8.42 Å². The Bertz CT molecular complexity index is 626. The Hall–Kier alpha value is -1.47. The van der Waals surface area contributed by atoms with Gasteiger partial charge < -0.3 is 5.32 Å². The first-order valence-corrected chi connectivity index (χ1v) is 8.35. The van der Waals surface area contributed by atoms with Crippen molar-refractivity contribution in [3.8, 4) is 0 Å². The lowest BCUT2D eigenvalue weighted by atomic mass is 9.98. The predicted octanol–water partition coefficient (Wildman–Crippen LogP) is 0.538. The Balaban J connectivity index is 2.31. The van der Waals surface area contributed by atoms with Crippen LogP contribution >= 0.6 is 0 Å². The van der Waals surface area contributed by atoms with Crippen molar-refractivity contribution in [3.05, 3.63) is 29.1 Å². The van der Waals surface area contributed by atoms with Crippen molar-refractivity contribution < 1.29 is 13.2 Å². The summed E-state index contributed by atoms with van der Waals surface area (Å²) in [6, 6.07) is 0.0504. The molecule has 6 nitrogen and oxygen atoms in total. The summed E-state index contributed by atoms with van der Waals surface area (Å²) >= 11 is 0. The summed E-state index contributed by atoms with van der Waals surface area (Å²) in [7, 11) is -3.22. The summed E-state index contributed by atoms with van der Waals surface area (Å²) in [5.74, 6) is -0.155. The summed E-state index contributed by atoms with van der Waals surface area (Å²) in [5.41, 5.74) is 2.25. The van der Waals surface area contributed by atoms with Crippen LogP contribution in [0.15, 0.2) is 12.4 Å². The number of nitrogens with one attached hydrogen (secondary N) is 1. The molecule has 1 aromatic heterocycles. The van der Waals surface area contributed by atoms with Gasteiger partial charge in [-0.3, -0.25) is 9.78 Å². The van der Waals surface area contributed by atoms with Gasteiger partial charge in [-0.15, -0.1) is 0 Å². The summed E-state index contributed by atoms with van der Waals surface area (Å²) in [4.78, 5) is 16.2. The Morgan fingerprint density at radius 3 is 2.70 bits per heavy atom. The highest BCUT2D eigenvalue weighted by molar-refractivity contribution is 7.88. The van der Waals surface area contributed by atoms with Crippen LogP contribution in [0, 0.1) is 0 Å². The van der Waals surface area contributed by atoms with Crippen molar-refractivity contribution >= 4 is 15.9 Å². The van der Waals surface area contributed by atoms with E-state index in [9.17, 15) is 13.2 Å². The minimum Gasteiger partial charge on any atom is -0.350 e. The molecule has 1 aliphatic heterocycles. The Morgan fingerprint density at radius 2 is 2.10 bits per heavy atom. The van der Waals surface area contributed by atoms with Crippen LogP contribution < -0.4 is 5.32 Å². The highest BCUT2D eigenvalue weighted by Crippen LogP contribution is 2.23. The highest BCUT2D eigenvalue weighted by Gasteiger charge is 2.26. The number of rotatable bonds is 3. The molecule has 0 saturated heterocycles. The van der Waals surface area contributed by atoms with Crippen LogP contribution in [0.25, 0.3) is 0 Å². The molecule has 1 amide bonds. The van der Waals surface area contributed by atoms with Gasteiger partial charge in [0.05, 0.1) is 11.8 Å². The molecule has 1 aliphatic rings. The van der Waals surface area contributed by atoms with E-state index in [1.807, 2.05) is 13.8 Å². The van der Waals surface area contributed by atoms with Crippen molar-refractivity contribution in [2.45, 2.75) is 32.9 Å². The number of hydrogen-bond acceptors (Lipinski definition) is 4.